The second-order valence-corrected chi connectivity index (χ2v) is 3.26. The SMILES string of the molecule is CN1C2(O)OOC1(O)C(O)(O)OC2(O)O. The summed E-state index contributed by atoms with van der Waals surface area (Å²) in [6.07, 6.45) is 0. The maximum absolute atomic E-state index is 9.49. The molecule has 2 aliphatic heterocycles. The molecule has 0 saturated carbocycles. The van der Waals surface area contributed by atoms with Crippen LogP contribution in [0.2, 0.25) is 0 Å². The van der Waals surface area contributed by atoms with Crippen molar-refractivity contribution in [3.63, 3.8) is 0 Å². The van der Waals surface area contributed by atoms with E-state index in [-0.39, 0.29) is 4.90 Å². The Kier molecular flexibility index (Phi) is 1.82. The van der Waals surface area contributed by atoms with Gasteiger partial charge in [-0.2, -0.15) is 14.7 Å². The molecular formula is C5H9NO9. The van der Waals surface area contributed by atoms with Crippen LogP contribution >= 0.6 is 0 Å². The van der Waals surface area contributed by atoms with Crippen molar-refractivity contribution >= 4 is 0 Å². The van der Waals surface area contributed by atoms with Crippen molar-refractivity contribution in [1.29, 1.82) is 0 Å². The number of likely N-dealkylation sites (N-methyl/N-ethyl adjacent to an activating group) is 1. The molecule has 2 atom stereocenters. The summed E-state index contributed by atoms with van der Waals surface area (Å²) in [6.45, 7) is 0. The number of aliphatic hydroxyl groups is 6. The Hall–Kier alpha value is -0.400. The normalized spacial score (nSPS) is 48.2. The molecule has 2 rings (SSSR count). The van der Waals surface area contributed by atoms with E-state index < -0.39 is 23.8 Å². The topological polar surface area (TPSA) is 152 Å². The summed E-state index contributed by atoms with van der Waals surface area (Å²) in [5.74, 6) is -13.0. The number of rotatable bonds is 0. The third-order valence-electron chi connectivity index (χ3n) is 2.32. The molecule has 0 amide bonds. The maximum Gasteiger partial charge on any atom is 0.359 e. The summed E-state index contributed by atoms with van der Waals surface area (Å²) in [5.41, 5.74) is 0. The summed E-state index contributed by atoms with van der Waals surface area (Å²) in [6, 6.07) is 0. The Morgan fingerprint density at radius 2 is 1.13 bits per heavy atom. The van der Waals surface area contributed by atoms with Crippen LogP contribution in [0.3, 0.4) is 0 Å². The number of hydrogen-bond acceptors (Lipinski definition) is 10. The van der Waals surface area contributed by atoms with Gasteiger partial charge >= 0.3 is 23.8 Å². The molecule has 0 aromatic rings. The number of hydrogen-bond donors (Lipinski definition) is 6. The Balaban J connectivity index is 2.53. The summed E-state index contributed by atoms with van der Waals surface area (Å²) in [7, 11) is 0.873. The van der Waals surface area contributed by atoms with Gasteiger partial charge in [0.1, 0.15) is 0 Å². The van der Waals surface area contributed by atoms with Crippen molar-refractivity contribution < 1.29 is 45.2 Å². The van der Waals surface area contributed by atoms with Gasteiger partial charge in [-0.15, -0.1) is 0 Å². The van der Waals surface area contributed by atoms with E-state index in [4.69, 9.17) is 20.4 Å². The molecule has 2 heterocycles. The molecule has 0 aromatic heterocycles. The molecule has 0 aliphatic carbocycles. The zero-order valence-corrected chi connectivity index (χ0v) is 7.36. The van der Waals surface area contributed by atoms with E-state index in [1.54, 1.807) is 0 Å². The van der Waals surface area contributed by atoms with Gasteiger partial charge in [-0.05, 0) is 7.05 Å². The minimum Gasteiger partial charge on any atom is -0.345 e. The van der Waals surface area contributed by atoms with E-state index >= 15 is 0 Å². The van der Waals surface area contributed by atoms with Crippen LogP contribution in [0.25, 0.3) is 0 Å². The molecule has 2 unspecified atom stereocenters. The van der Waals surface area contributed by atoms with Gasteiger partial charge in [0.25, 0.3) is 0 Å². The second kappa shape index (κ2) is 2.46. The van der Waals surface area contributed by atoms with E-state index in [0.29, 0.717) is 0 Å². The summed E-state index contributed by atoms with van der Waals surface area (Å²) >= 11 is 0. The highest BCUT2D eigenvalue weighted by Crippen LogP contribution is 2.49. The predicted octanol–water partition coefficient (Wildman–Crippen LogP) is -4.52. The fourth-order valence-electron chi connectivity index (χ4n) is 1.31. The molecule has 15 heavy (non-hydrogen) atoms. The summed E-state index contributed by atoms with van der Waals surface area (Å²) in [5, 5.41) is 55.6. The van der Waals surface area contributed by atoms with Crippen LogP contribution in [-0.4, -0.2) is 66.4 Å². The van der Waals surface area contributed by atoms with Gasteiger partial charge in [0.05, 0.1) is 0 Å². The van der Waals surface area contributed by atoms with Crippen LogP contribution in [0, 0.1) is 0 Å². The van der Waals surface area contributed by atoms with E-state index in [9.17, 15) is 10.2 Å². The molecule has 2 saturated heterocycles. The minimum absolute atomic E-state index is 0.226. The molecule has 6 N–H and O–H groups in total. The first-order valence-electron chi connectivity index (χ1n) is 3.72. The van der Waals surface area contributed by atoms with Gasteiger partial charge in [0, 0.05) is 0 Å². The highest BCUT2D eigenvalue weighted by molar-refractivity contribution is 4.94. The number of fused-ring (bicyclic) bond motifs is 2. The van der Waals surface area contributed by atoms with Crippen LogP contribution in [0.15, 0.2) is 0 Å². The van der Waals surface area contributed by atoms with E-state index in [1.807, 2.05) is 0 Å². The molecule has 2 aliphatic rings. The van der Waals surface area contributed by atoms with Gasteiger partial charge in [-0.3, -0.25) is 4.74 Å². The van der Waals surface area contributed by atoms with Crippen molar-refractivity contribution in [3.05, 3.63) is 0 Å². The summed E-state index contributed by atoms with van der Waals surface area (Å²) < 4.78 is 3.86. The lowest BCUT2D eigenvalue weighted by Crippen LogP contribution is -2.79. The molecule has 2 bridgehead atoms. The largest absolute Gasteiger partial charge is 0.359 e. The first-order chi connectivity index (χ1) is 6.57. The van der Waals surface area contributed by atoms with Crippen molar-refractivity contribution in [2.24, 2.45) is 0 Å². The van der Waals surface area contributed by atoms with Crippen LogP contribution in [0.1, 0.15) is 0 Å². The predicted molar refractivity (Wildman–Crippen MR) is 35.3 cm³/mol. The highest BCUT2D eigenvalue weighted by atomic mass is 17.3. The second-order valence-electron chi connectivity index (χ2n) is 3.26. The first kappa shape index (κ1) is 11.1. The lowest BCUT2D eigenvalue weighted by molar-refractivity contribution is -0.603. The minimum atomic E-state index is -3.52. The number of nitrogens with zero attached hydrogens (tertiary/aromatic N) is 1. The van der Waals surface area contributed by atoms with Gasteiger partial charge < -0.3 is 30.6 Å². The zero-order valence-electron chi connectivity index (χ0n) is 7.36. The van der Waals surface area contributed by atoms with Crippen molar-refractivity contribution in [2.45, 2.75) is 23.8 Å². The molecular weight excluding hydrogens is 218 g/mol. The highest BCUT2D eigenvalue weighted by Gasteiger charge is 2.81. The Morgan fingerprint density at radius 1 is 0.800 bits per heavy atom. The van der Waals surface area contributed by atoms with Crippen molar-refractivity contribution in [2.75, 3.05) is 7.05 Å². The van der Waals surface area contributed by atoms with Crippen LogP contribution in [0.4, 0.5) is 0 Å². The molecule has 88 valence electrons. The number of ether oxygens (including phenoxy) is 1. The molecule has 10 nitrogen and oxygen atoms in total. The Morgan fingerprint density at radius 3 is 1.47 bits per heavy atom. The average molecular weight is 227 g/mol. The van der Waals surface area contributed by atoms with E-state index in [2.05, 4.69) is 14.5 Å². The zero-order chi connectivity index (χ0) is 11.7. The quantitative estimate of drug-likeness (QED) is 0.176. The van der Waals surface area contributed by atoms with Gasteiger partial charge in [-0.1, -0.05) is 0 Å². The first-order valence-corrected chi connectivity index (χ1v) is 3.72. The summed E-state index contributed by atoms with van der Waals surface area (Å²) in [4.78, 5) is 8.26. The van der Waals surface area contributed by atoms with Crippen LogP contribution < -0.4 is 0 Å². The smallest absolute Gasteiger partial charge is 0.345 e. The molecule has 0 aromatic carbocycles. The van der Waals surface area contributed by atoms with Gasteiger partial charge in [0.2, 0.25) is 0 Å². The number of morpholine rings is 1. The van der Waals surface area contributed by atoms with Gasteiger partial charge in [-0.25, -0.2) is 0 Å². The lowest BCUT2D eigenvalue weighted by atomic mass is 10.2. The van der Waals surface area contributed by atoms with Crippen LogP contribution in [0.5, 0.6) is 0 Å². The standard InChI is InChI=1S/C5H9NO9/c1-6-2(7)4(9,10)13-5(11,12)3(6,8)15-14-2/h7-12H,1H3. The third kappa shape index (κ3) is 1.01. The van der Waals surface area contributed by atoms with E-state index in [1.165, 1.54) is 0 Å². The van der Waals surface area contributed by atoms with Crippen LogP contribution in [-0.2, 0) is 14.5 Å². The van der Waals surface area contributed by atoms with Gasteiger partial charge in [0.15, 0.2) is 0 Å². The fourth-order valence-corrected chi connectivity index (χ4v) is 1.31. The third-order valence-corrected chi connectivity index (χ3v) is 2.32. The fraction of sp³-hybridized carbons (Fsp3) is 1.00. The van der Waals surface area contributed by atoms with E-state index in [0.717, 1.165) is 7.05 Å². The molecule has 10 heteroatoms. The Bertz CT molecular complexity index is 277. The molecule has 0 radical (unpaired) electrons. The maximum atomic E-state index is 9.49. The lowest BCUT2D eigenvalue weighted by Gasteiger charge is -2.48. The van der Waals surface area contributed by atoms with Crippen molar-refractivity contribution in [1.82, 2.24) is 4.90 Å². The molecule has 0 spiro atoms. The molecule has 2 fully saturated rings. The van der Waals surface area contributed by atoms with Crippen molar-refractivity contribution in [3.8, 4) is 0 Å². The monoisotopic (exact) mass is 227 g/mol. The Labute approximate surface area is 82.0 Å². The average Bonchev–Trinajstić information content (AvgIpc) is 2.27.